The van der Waals surface area contributed by atoms with Crippen molar-refractivity contribution in [2.24, 2.45) is 0 Å². The molecule has 0 amide bonds. The van der Waals surface area contributed by atoms with Gasteiger partial charge in [-0.1, -0.05) is 0 Å². The Morgan fingerprint density at radius 3 is 2.33 bits per heavy atom. The molecule has 3 heteroatoms. The molecule has 0 atom stereocenters. The molecular formula is C9H17IN2. The van der Waals surface area contributed by atoms with Gasteiger partial charge in [-0.05, 0) is 19.3 Å². The molecule has 0 aromatic heterocycles. The summed E-state index contributed by atoms with van der Waals surface area (Å²) in [7, 11) is 2.22. The number of halogens is 1. The lowest BCUT2D eigenvalue weighted by atomic mass is 10.3. The van der Waals surface area contributed by atoms with Gasteiger partial charge in [-0.15, -0.1) is 0 Å². The number of hydrogen-bond donors (Lipinski definition) is 0. The van der Waals surface area contributed by atoms with E-state index in [4.69, 9.17) is 0 Å². The van der Waals surface area contributed by atoms with Crippen LogP contribution in [0, 0.1) is 0 Å². The number of hydrogen-bond acceptors (Lipinski definition) is 1. The van der Waals surface area contributed by atoms with E-state index in [0.29, 0.717) is 0 Å². The highest BCUT2D eigenvalue weighted by Gasteiger charge is 2.27. The SMILES string of the molecule is C[N+]1=C(N2CCCC2)CCC1.[I-]. The molecule has 0 N–H and O–H groups in total. The Balaban J connectivity index is 0.000000720. The third kappa shape index (κ3) is 1.92. The second kappa shape index (κ2) is 4.44. The lowest BCUT2D eigenvalue weighted by Gasteiger charge is -2.10. The number of amidine groups is 1. The van der Waals surface area contributed by atoms with Crippen molar-refractivity contribution < 1.29 is 28.6 Å². The molecule has 0 aliphatic carbocycles. The lowest BCUT2D eigenvalue weighted by Crippen LogP contribution is -3.00. The van der Waals surface area contributed by atoms with Crippen molar-refractivity contribution in [1.82, 2.24) is 4.90 Å². The molecule has 2 heterocycles. The second-order valence-corrected chi connectivity index (χ2v) is 3.64. The van der Waals surface area contributed by atoms with E-state index in [0.717, 1.165) is 0 Å². The molecule has 0 bridgehead atoms. The summed E-state index contributed by atoms with van der Waals surface area (Å²) in [5.41, 5.74) is 0. The predicted molar refractivity (Wildman–Crippen MR) is 46.1 cm³/mol. The van der Waals surface area contributed by atoms with Crippen molar-refractivity contribution in [2.75, 3.05) is 26.7 Å². The van der Waals surface area contributed by atoms with E-state index >= 15 is 0 Å². The Kier molecular flexibility index (Phi) is 3.80. The van der Waals surface area contributed by atoms with Gasteiger partial charge in [0.2, 0.25) is 5.84 Å². The molecule has 0 spiro atoms. The van der Waals surface area contributed by atoms with Crippen LogP contribution in [0.15, 0.2) is 0 Å². The van der Waals surface area contributed by atoms with Gasteiger partial charge in [0.15, 0.2) is 0 Å². The number of likely N-dealkylation sites (tertiary alicyclic amines) is 1. The van der Waals surface area contributed by atoms with Crippen molar-refractivity contribution in [3.8, 4) is 0 Å². The first-order chi connectivity index (χ1) is 5.38. The van der Waals surface area contributed by atoms with E-state index in [-0.39, 0.29) is 24.0 Å². The summed E-state index contributed by atoms with van der Waals surface area (Å²) < 4.78 is 2.42. The topological polar surface area (TPSA) is 6.25 Å². The summed E-state index contributed by atoms with van der Waals surface area (Å²) in [6.45, 7) is 3.88. The van der Waals surface area contributed by atoms with Crippen LogP contribution in [0.3, 0.4) is 0 Å². The van der Waals surface area contributed by atoms with Crippen molar-refractivity contribution >= 4 is 5.84 Å². The van der Waals surface area contributed by atoms with Crippen molar-refractivity contribution in [3.05, 3.63) is 0 Å². The van der Waals surface area contributed by atoms with Crippen molar-refractivity contribution in [2.45, 2.75) is 25.7 Å². The fourth-order valence-corrected chi connectivity index (χ4v) is 2.17. The van der Waals surface area contributed by atoms with E-state index in [1.165, 1.54) is 45.3 Å². The van der Waals surface area contributed by atoms with Crippen LogP contribution < -0.4 is 24.0 Å². The summed E-state index contributed by atoms with van der Waals surface area (Å²) in [4.78, 5) is 2.56. The van der Waals surface area contributed by atoms with E-state index in [2.05, 4.69) is 16.5 Å². The summed E-state index contributed by atoms with van der Waals surface area (Å²) in [6.07, 6.45) is 5.48. The Labute approximate surface area is 91.7 Å². The summed E-state index contributed by atoms with van der Waals surface area (Å²) in [6, 6.07) is 0. The molecule has 12 heavy (non-hydrogen) atoms. The van der Waals surface area contributed by atoms with Crippen LogP contribution in [0.1, 0.15) is 25.7 Å². The third-order valence-electron chi connectivity index (χ3n) is 2.81. The van der Waals surface area contributed by atoms with E-state index in [1.54, 1.807) is 5.84 Å². The fourth-order valence-electron chi connectivity index (χ4n) is 2.17. The fraction of sp³-hybridized carbons (Fsp3) is 0.889. The van der Waals surface area contributed by atoms with Crippen LogP contribution in [-0.4, -0.2) is 42.0 Å². The maximum atomic E-state index is 2.56. The molecule has 2 aliphatic rings. The van der Waals surface area contributed by atoms with Crippen LogP contribution in [-0.2, 0) is 0 Å². The molecule has 0 aromatic carbocycles. The molecular weight excluding hydrogens is 263 g/mol. The molecule has 1 fully saturated rings. The van der Waals surface area contributed by atoms with Gasteiger partial charge < -0.3 is 24.0 Å². The standard InChI is InChI=1S/C9H17N2.HI/c1-10-6-4-5-9(10)11-7-2-3-8-11;/h2-8H2,1H3;1H/q+1;/p-1. The minimum absolute atomic E-state index is 0. The minimum Gasteiger partial charge on any atom is -1.00 e. The second-order valence-electron chi connectivity index (χ2n) is 3.64. The Bertz CT molecular complexity index is 183. The van der Waals surface area contributed by atoms with Gasteiger partial charge in [0.1, 0.15) is 0 Å². The molecule has 0 saturated carbocycles. The number of rotatable bonds is 0. The summed E-state index contributed by atoms with van der Waals surface area (Å²) >= 11 is 0. The minimum atomic E-state index is 0. The van der Waals surface area contributed by atoms with E-state index < -0.39 is 0 Å². The summed E-state index contributed by atoms with van der Waals surface area (Å²) in [5, 5.41) is 0. The van der Waals surface area contributed by atoms with Crippen LogP contribution in [0.25, 0.3) is 0 Å². The van der Waals surface area contributed by atoms with Gasteiger partial charge in [0, 0.05) is 0 Å². The van der Waals surface area contributed by atoms with Gasteiger partial charge in [-0.25, -0.2) is 0 Å². The van der Waals surface area contributed by atoms with Crippen LogP contribution in [0.4, 0.5) is 0 Å². The quantitative estimate of drug-likeness (QED) is 0.365. The first-order valence-corrected chi connectivity index (χ1v) is 4.70. The highest BCUT2D eigenvalue weighted by Crippen LogP contribution is 2.14. The highest BCUT2D eigenvalue weighted by molar-refractivity contribution is 5.78. The van der Waals surface area contributed by atoms with Crippen molar-refractivity contribution in [1.29, 1.82) is 0 Å². The molecule has 1 saturated heterocycles. The largest absolute Gasteiger partial charge is 1.00 e. The molecule has 2 nitrogen and oxygen atoms in total. The van der Waals surface area contributed by atoms with Gasteiger partial charge in [-0.3, -0.25) is 9.48 Å². The maximum Gasteiger partial charge on any atom is 0.246 e. The van der Waals surface area contributed by atoms with Crippen LogP contribution >= 0.6 is 0 Å². The van der Waals surface area contributed by atoms with E-state index in [1.807, 2.05) is 0 Å². The molecule has 2 rings (SSSR count). The Morgan fingerprint density at radius 2 is 1.83 bits per heavy atom. The van der Waals surface area contributed by atoms with E-state index in [9.17, 15) is 0 Å². The van der Waals surface area contributed by atoms with Gasteiger partial charge in [0.05, 0.1) is 33.1 Å². The molecule has 70 valence electrons. The average molecular weight is 280 g/mol. The maximum absolute atomic E-state index is 2.56. The molecule has 0 unspecified atom stereocenters. The third-order valence-corrected chi connectivity index (χ3v) is 2.81. The molecule has 0 aromatic rings. The first-order valence-electron chi connectivity index (χ1n) is 4.70. The Morgan fingerprint density at radius 1 is 1.17 bits per heavy atom. The van der Waals surface area contributed by atoms with Crippen LogP contribution in [0.2, 0.25) is 0 Å². The van der Waals surface area contributed by atoms with Gasteiger partial charge in [0.25, 0.3) is 0 Å². The Hall–Kier alpha value is 0.200. The first kappa shape index (κ1) is 10.3. The average Bonchev–Trinajstić information content (AvgIpc) is 2.55. The van der Waals surface area contributed by atoms with Gasteiger partial charge in [-0.2, -0.15) is 0 Å². The monoisotopic (exact) mass is 280 g/mol. The van der Waals surface area contributed by atoms with Gasteiger partial charge >= 0.3 is 0 Å². The zero-order valence-corrected chi connectivity index (χ0v) is 9.88. The zero-order chi connectivity index (χ0) is 7.68. The lowest BCUT2D eigenvalue weighted by molar-refractivity contribution is -0.493. The molecule has 0 radical (unpaired) electrons. The zero-order valence-electron chi connectivity index (χ0n) is 7.72. The highest BCUT2D eigenvalue weighted by atomic mass is 127. The van der Waals surface area contributed by atoms with Crippen LogP contribution in [0.5, 0.6) is 0 Å². The normalized spacial score (nSPS) is 23.2. The predicted octanol–water partition coefficient (Wildman–Crippen LogP) is -2.08. The number of nitrogens with zero attached hydrogens (tertiary/aromatic N) is 2. The molecule has 2 aliphatic heterocycles. The smallest absolute Gasteiger partial charge is 0.246 e. The van der Waals surface area contributed by atoms with Crippen molar-refractivity contribution in [3.63, 3.8) is 0 Å². The summed E-state index contributed by atoms with van der Waals surface area (Å²) in [5.74, 6) is 1.60.